The summed E-state index contributed by atoms with van der Waals surface area (Å²) in [5.41, 5.74) is 4.59. The van der Waals surface area contributed by atoms with E-state index in [4.69, 9.17) is 55.5 Å². The molecule has 0 saturated heterocycles. The summed E-state index contributed by atoms with van der Waals surface area (Å²) in [4.78, 5) is 0.626. The molecule has 0 radical (unpaired) electrons. The van der Waals surface area contributed by atoms with E-state index in [1.54, 1.807) is 0 Å². The first-order valence-electron chi connectivity index (χ1n) is 10.9. The predicted octanol–water partition coefficient (Wildman–Crippen LogP) is 9.83. The third kappa shape index (κ3) is 11.3. The molecule has 196 valence electrons. The molecule has 4 unspecified atom stereocenters. The summed E-state index contributed by atoms with van der Waals surface area (Å²) in [6.45, 7) is 0. The van der Waals surface area contributed by atoms with Gasteiger partial charge in [0.15, 0.2) is 0 Å². The normalized spacial score (nSPS) is 15.2. The highest BCUT2D eigenvalue weighted by atomic mass is 79.9. The first kappa shape index (κ1) is 32.8. The van der Waals surface area contributed by atoms with E-state index in [0.29, 0.717) is 23.5 Å². The highest BCUT2D eigenvalue weighted by Gasteiger charge is 2.19. The molecule has 11 heteroatoms. The van der Waals surface area contributed by atoms with E-state index < -0.39 is 0 Å². The Kier molecular flexibility index (Phi) is 16.9. The lowest BCUT2D eigenvalue weighted by Gasteiger charge is -2.20. The second kappa shape index (κ2) is 18.0. The van der Waals surface area contributed by atoms with E-state index >= 15 is 0 Å². The Hall–Kier alpha value is 1.55. The van der Waals surface area contributed by atoms with Crippen LogP contribution in [0.5, 0.6) is 11.5 Å². The summed E-state index contributed by atoms with van der Waals surface area (Å²) < 4.78 is 12.4. The van der Waals surface area contributed by atoms with Gasteiger partial charge in [-0.2, -0.15) is 0 Å². The van der Waals surface area contributed by atoms with Crippen LogP contribution in [0.4, 0.5) is 0 Å². The molecule has 35 heavy (non-hydrogen) atoms. The summed E-state index contributed by atoms with van der Waals surface area (Å²) in [6.07, 6.45) is 3.09. The van der Waals surface area contributed by atoms with Gasteiger partial charge in [0.2, 0.25) is 0 Å². The van der Waals surface area contributed by atoms with Crippen molar-refractivity contribution >= 4 is 119 Å². The quantitative estimate of drug-likeness (QED) is 0.124. The fraction of sp³-hybridized carbons (Fsp3) is 0.500. The van der Waals surface area contributed by atoms with Crippen molar-refractivity contribution in [2.45, 2.75) is 45.0 Å². The molecule has 2 rings (SSSR count). The van der Waals surface area contributed by atoms with Crippen LogP contribution in [0.1, 0.15) is 22.3 Å². The van der Waals surface area contributed by atoms with Crippen LogP contribution in [0.25, 0.3) is 0 Å². The van der Waals surface area contributed by atoms with Crippen molar-refractivity contribution in [3.8, 4) is 11.5 Å². The third-order valence-corrected chi connectivity index (χ3v) is 11.3. The molecule has 0 amide bonds. The summed E-state index contributed by atoms with van der Waals surface area (Å²) >= 11 is 38.9. The summed E-state index contributed by atoms with van der Waals surface area (Å²) in [5, 5.41) is 0. The minimum Gasteiger partial charge on any atom is -0.440 e. The molecule has 2 aromatic carbocycles. The molecule has 0 spiro atoms. The first-order chi connectivity index (χ1) is 16.8. The smallest absolute Gasteiger partial charge is 0.275 e. The molecule has 2 aromatic rings. The van der Waals surface area contributed by atoms with Crippen molar-refractivity contribution in [1.82, 2.24) is 0 Å². The lowest BCUT2D eigenvalue weighted by molar-refractivity contribution is 0.506. The molecule has 0 aliphatic heterocycles. The fourth-order valence-corrected chi connectivity index (χ4v) is 5.89. The number of benzene rings is 2. The van der Waals surface area contributed by atoms with Gasteiger partial charge in [-0.1, -0.05) is 88.0 Å². The summed E-state index contributed by atoms with van der Waals surface area (Å²) in [5.74, 6) is 3.64. The van der Waals surface area contributed by atoms with Crippen molar-refractivity contribution in [3.63, 3.8) is 0 Å². The van der Waals surface area contributed by atoms with Crippen LogP contribution in [0, 0.1) is 0 Å². The molecule has 0 aliphatic rings. The van der Waals surface area contributed by atoms with Gasteiger partial charge in [-0.3, -0.25) is 0 Å². The number of halogens is 8. The molecule has 2 nitrogen and oxygen atoms in total. The standard InChI is InChI=1S/C24H27Br4Cl4O2P/c25-17(11-29)7-15-3-1-5-23(21(15)9-19(27)13-31)33-35-34-24-6-2-4-16(8-18(26)12-30)22(24)10-20(28)14-32/h1-6,17-20,35H,7-14H2. The van der Waals surface area contributed by atoms with Crippen molar-refractivity contribution in [3.05, 3.63) is 58.7 Å². The van der Waals surface area contributed by atoms with Gasteiger partial charge in [0.1, 0.15) is 11.5 Å². The Labute approximate surface area is 264 Å². The Balaban J connectivity index is 2.25. The van der Waals surface area contributed by atoms with Gasteiger partial charge in [0, 0.05) is 42.8 Å². The first-order valence-corrected chi connectivity index (χ1v) is 17.5. The second-order valence-electron chi connectivity index (χ2n) is 7.90. The van der Waals surface area contributed by atoms with E-state index in [0.717, 1.165) is 48.3 Å². The van der Waals surface area contributed by atoms with Crippen molar-refractivity contribution in [2.24, 2.45) is 0 Å². The maximum Gasteiger partial charge on any atom is 0.275 e. The maximum absolute atomic E-state index is 6.20. The molecule has 0 heterocycles. The number of hydrogen-bond acceptors (Lipinski definition) is 2. The van der Waals surface area contributed by atoms with E-state index in [-0.39, 0.29) is 28.3 Å². The van der Waals surface area contributed by atoms with Crippen molar-refractivity contribution in [2.75, 3.05) is 23.5 Å². The second-order valence-corrected chi connectivity index (χ2v) is 14.9. The fourth-order valence-electron chi connectivity index (χ4n) is 3.51. The van der Waals surface area contributed by atoms with E-state index in [1.165, 1.54) is 11.1 Å². The average Bonchev–Trinajstić information content (AvgIpc) is 2.86. The van der Waals surface area contributed by atoms with Gasteiger partial charge >= 0.3 is 0 Å². The monoisotopic (exact) mass is 834 g/mol. The van der Waals surface area contributed by atoms with Gasteiger partial charge < -0.3 is 9.05 Å². The topological polar surface area (TPSA) is 18.5 Å². The van der Waals surface area contributed by atoms with Gasteiger partial charge in [-0.25, -0.2) is 0 Å². The number of hydrogen-bond donors (Lipinski definition) is 0. The third-order valence-electron chi connectivity index (χ3n) is 5.17. The van der Waals surface area contributed by atoms with Crippen LogP contribution in [0.3, 0.4) is 0 Å². The molecule has 0 fully saturated rings. The van der Waals surface area contributed by atoms with Gasteiger partial charge in [-0.05, 0) is 60.1 Å². The highest BCUT2D eigenvalue weighted by molar-refractivity contribution is 9.10. The minimum absolute atomic E-state index is 0.135. The van der Waals surface area contributed by atoms with Gasteiger partial charge in [0.25, 0.3) is 9.03 Å². The SMILES string of the molecule is ClCC(Br)Cc1cccc(OPOc2cccc(CC(Br)CCl)c2CC(Br)CCl)c1CC(Br)CCl. The number of alkyl halides is 8. The molecular weight excluding hydrogens is 813 g/mol. The predicted molar refractivity (Wildman–Crippen MR) is 171 cm³/mol. The molecule has 0 aromatic heterocycles. The Morgan fingerprint density at radius 1 is 0.571 bits per heavy atom. The lowest BCUT2D eigenvalue weighted by Crippen LogP contribution is -2.12. The van der Waals surface area contributed by atoms with Crippen LogP contribution >= 0.6 is 119 Å². The molecule has 0 aliphatic carbocycles. The molecule has 0 bridgehead atoms. The minimum atomic E-state index is -0.213. The van der Waals surface area contributed by atoms with Crippen molar-refractivity contribution in [1.29, 1.82) is 0 Å². The van der Waals surface area contributed by atoms with Crippen LogP contribution in [0.15, 0.2) is 36.4 Å². The zero-order valence-corrected chi connectivity index (χ0v) is 29.1. The van der Waals surface area contributed by atoms with Crippen LogP contribution in [-0.4, -0.2) is 42.8 Å². The van der Waals surface area contributed by atoms with Crippen LogP contribution in [-0.2, 0) is 25.7 Å². The summed E-state index contributed by atoms with van der Waals surface area (Å²) in [6, 6.07) is 12.2. The maximum atomic E-state index is 6.20. The summed E-state index contributed by atoms with van der Waals surface area (Å²) in [7, 11) is -0.213. The zero-order chi connectivity index (χ0) is 25.8. The van der Waals surface area contributed by atoms with Gasteiger partial charge in [0.05, 0.1) is 0 Å². The molecule has 0 saturated carbocycles. The molecule has 0 N–H and O–H groups in total. The van der Waals surface area contributed by atoms with E-state index in [2.05, 4.69) is 75.9 Å². The zero-order valence-electron chi connectivity index (χ0n) is 18.8. The number of rotatable bonds is 16. The van der Waals surface area contributed by atoms with Gasteiger partial charge in [-0.15, -0.1) is 46.4 Å². The Morgan fingerprint density at radius 2 is 0.914 bits per heavy atom. The Bertz CT molecular complexity index is 840. The van der Waals surface area contributed by atoms with Crippen molar-refractivity contribution < 1.29 is 9.05 Å². The van der Waals surface area contributed by atoms with E-state index in [1.807, 2.05) is 24.3 Å². The van der Waals surface area contributed by atoms with Crippen LogP contribution < -0.4 is 9.05 Å². The highest BCUT2D eigenvalue weighted by Crippen LogP contribution is 2.36. The van der Waals surface area contributed by atoms with E-state index in [9.17, 15) is 0 Å². The molecular formula is C24H27Br4Cl4O2P. The lowest BCUT2D eigenvalue weighted by atomic mass is 9.98. The van der Waals surface area contributed by atoms with Crippen LogP contribution in [0.2, 0.25) is 0 Å². The largest absolute Gasteiger partial charge is 0.440 e. The average molecular weight is 840 g/mol. The Morgan fingerprint density at radius 3 is 1.26 bits per heavy atom. The molecule has 4 atom stereocenters.